The molecular formula is C18H29F3N2S2Sn. The van der Waals surface area contributed by atoms with E-state index in [-0.39, 0.29) is 16.8 Å². The molecule has 2 aromatic heterocycles. The third-order valence-corrected chi connectivity index (χ3v) is 25.1. The first-order valence-corrected chi connectivity index (χ1v) is 18.7. The summed E-state index contributed by atoms with van der Waals surface area (Å²) in [6.07, 6.45) is 11.0. The quantitative estimate of drug-likeness (QED) is 0.236. The molecule has 0 atom stereocenters. The van der Waals surface area contributed by atoms with Crippen LogP contribution < -0.4 is 2.89 Å². The van der Waals surface area contributed by atoms with E-state index in [2.05, 4.69) is 32.0 Å². The molecule has 0 saturated carbocycles. The Morgan fingerprint density at radius 2 is 1.58 bits per heavy atom. The monoisotopic (exact) mass is 514 g/mol. The van der Waals surface area contributed by atoms with Gasteiger partial charge in [0.05, 0.1) is 0 Å². The van der Waals surface area contributed by atoms with Crippen molar-refractivity contribution in [1.29, 1.82) is 0 Å². The zero-order chi connectivity index (χ0) is 19.2. The number of thiazole rings is 1. The van der Waals surface area contributed by atoms with Gasteiger partial charge in [0.15, 0.2) is 0 Å². The molecule has 2 rings (SSSR count). The Labute approximate surface area is 166 Å². The number of alkyl halides is 3. The van der Waals surface area contributed by atoms with Gasteiger partial charge in [-0.15, -0.1) is 0 Å². The Morgan fingerprint density at radius 1 is 1.04 bits per heavy atom. The molecule has 0 saturated heterocycles. The molecule has 2 heterocycles. The molecule has 0 aliphatic carbocycles. The zero-order valence-corrected chi connectivity index (χ0v) is 20.4. The summed E-state index contributed by atoms with van der Waals surface area (Å²) in [6.45, 7) is 6.70. The number of hydrogen-bond acceptors (Lipinski definition) is 3. The average Bonchev–Trinajstić information content (AvgIpc) is 3.16. The minimum atomic E-state index is -4.29. The van der Waals surface area contributed by atoms with Gasteiger partial charge in [0.25, 0.3) is 0 Å². The van der Waals surface area contributed by atoms with Crippen molar-refractivity contribution in [2.75, 3.05) is 0 Å². The van der Waals surface area contributed by atoms with E-state index in [1.807, 2.05) is 4.40 Å². The molecule has 0 radical (unpaired) electrons. The molecule has 0 amide bonds. The summed E-state index contributed by atoms with van der Waals surface area (Å²) in [6, 6.07) is 0. The van der Waals surface area contributed by atoms with E-state index in [1.165, 1.54) is 54.7 Å². The number of nitrogens with zero attached hydrogens (tertiary/aromatic N) is 2. The van der Waals surface area contributed by atoms with Gasteiger partial charge in [0.1, 0.15) is 0 Å². The van der Waals surface area contributed by atoms with Crippen molar-refractivity contribution in [1.82, 2.24) is 9.38 Å². The molecule has 0 bridgehead atoms. The van der Waals surface area contributed by atoms with Gasteiger partial charge in [-0.3, -0.25) is 0 Å². The molecular weight excluding hydrogens is 484 g/mol. The van der Waals surface area contributed by atoms with Crippen LogP contribution in [-0.4, -0.2) is 33.3 Å². The van der Waals surface area contributed by atoms with Crippen molar-refractivity contribution in [3.05, 3.63) is 12.5 Å². The molecule has 2 aromatic rings. The van der Waals surface area contributed by atoms with Crippen molar-refractivity contribution < 1.29 is 13.2 Å². The van der Waals surface area contributed by atoms with Crippen molar-refractivity contribution >= 4 is 49.2 Å². The van der Waals surface area contributed by atoms with Gasteiger partial charge in [-0.05, 0) is 0 Å². The van der Waals surface area contributed by atoms with Crippen LogP contribution in [0.2, 0.25) is 13.3 Å². The Bertz CT molecular complexity index is 660. The Balaban J connectivity index is 2.41. The average molecular weight is 513 g/mol. The molecule has 0 fully saturated rings. The molecule has 0 N–H and O–H groups in total. The fraction of sp³-hybridized carbons (Fsp3) is 0.722. The maximum absolute atomic E-state index is 12.8. The van der Waals surface area contributed by atoms with Crippen LogP contribution in [0.25, 0.3) is 4.83 Å². The van der Waals surface area contributed by atoms with Crippen LogP contribution in [0.4, 0.5) is 13.2 Å². The first-order valence-electron chi connectivity index (χ1n) is 9.58. The van der Waals surface area contributed by atoms with Gasteiger partial charge in [-0.2, -0.15) is 0 Å². The maximum atomic E-state index is 12.8. The van der Waals surface area contributed by atoms with Crippen molar-refractivity contribution in [3.8, 4) is 0 Å². The van der Waals surface area contributed by atoms with Gasteiger partial charge in [0.2, 0.25) is 0 Å². The predicted octanol–water partition coefficient (Wildman–Crippen LogP) is 7.06. The number of halogens is 3. The summed E-state index contributed by atoms with van der Waals surface area (Å²) >= 11 is -1.07. The minimum absolute atomic E-state index is 0.0838. The van der Waals surface area contributed by atoms with E-state index in [0.29, 0.717) is 4.83 Å². The van der Waals surface area contributed by atoms with E-state index in [1.54, 1.807) is 17.7 Å². The van der Waals surface area contributed by atoms with Crippen LogP contribution in [-0.2, 0) is 0 Å². The summed E-state index contributed by atoms with van der Waals surface area (Å²) in [5.74, 6) is 0. The van der Waals surface area contributed by atoms with Gasteiger partial charge in [-0.1, -0.05) is 0 Å². The van der Waals surface area contributed by atoms with Gasteiger partial charge < -0.3 is 0 Å². The standard InChI is InChI=1S/C6H2F3N2S2.3C4H9.Sn/c7-6(8,9)13-4-5-11(3-10-4)1-2-12-5;3*1-3-4-2;/h1,3H;3*1,3-4H2,2H3;. The second-order valence-corrected chi connectivity index (χ2v) is 23.2. The summed E-state index contributed by atoms with van der Waals surface area (Å²) < 4.78 is 45.7. The number of rotatable bonds is 11. The molecule has 0 aliphatic rings. The fourth-order valence-corrected chi connectivity index (χ4v) is 24.2. The number of thioether (sulfide) groups is 1. The first-order chi connectivity index (χ1) is 12.3. The molecule has 0 aromatic carbocycles. The Kier molecular flexibility index (Phi) is 8.66. The van der Waals surface area contributed by atoms with E-state index >= 15 is 0 Å². The van der Waals surface area contributed by atoms with Gasteiger partial charge in [0, 0.05) is 0 Å². The van der Waals surface area contributed by atoms with Crippen LogP contribution >= 0.6 is 23.1 Å². The summed E-state index contributed by atoms with van der Waals surface area (Å²) in [5.41, 5.74) is -4.29. The number of aromatic nitrogens is 2. The van der Waals surface area contributed by atoms with Crippen LogP contribution in [0.1, 0.15) is 59.3 Å². The fourth-order valence-electron chi connectivity index (χ4n) is 3.49. The van der Waals surface area contributed by atoms with Crippen LogP contribution in [0.3, 0.4) is 0 Å². The van der Waals surface area contributed by atoms with Crippen LogP contribution in [0.15, 0.2) is 17.6 Å². The molecule has 2 nitrogen and oxygen atoms in total. The third-order valence-electron chi connectivity index (χ3n) is 4.94. The number of fused-ring (bicyclic) bond motifs is 1. The number of unbranched alkanes of at least 4 members (excludes halogenated alkanes) is 3. The summed E-state index contributed by atoms with van der Waals surface area (Å²) in [5, 5.41) is 0.107. The SMILES string of the molecule is CCC[CH2][Sn]([CH2]CCC)([CH2]CCC)[c]1cn2cnc(SC(F)(F)F)c2s1. The first kappa shape index (κ1) is 22.4. The van der Waals surface area contributed by atoms with Gasteiger partial charge >= 0.3 is 167 Å². The number of hydrogen-bond donors (Lipinski definition) is 0. The summed E-state index contributed by atoms with van der Waals surface area (Å²) in [7, 11) is 0. The van der Waals surface area contributed by atoms with E-state index in [4.69, 9.17) is 0 Å². The van der Waals surface area contributed by atoms with Crippen LogP contribution in [0.5, 0.6) is 0 Å². The molecule has 0 unspecified atom stereocenters. The topological polar surface area (TPSA) is 17.3 Å². The third kappa shape index (κ3) is 5.80. The van der Waals surface area contributed by atoms with Crippen LogP contribution in [0, 0.1) is 0 Å². The molecule has 148 valence electrons. The van der Waals surface area contributed by atoms with E-state index < -0.39 is 23.9 Å². The second kappa shape index (κ2) is 10.0. The Hall–Kier alpha value is 0.109. The normalized spacial score (nSPS) is 13.0. The van der Waals surface area contributed by atoms with Crippen molar-refractivity contribution in [2.24, 2.45) is 0 Å². The van der Waals surface area contributed by atoms with Gasteiger partial charge in [-0.25, -0.2) is 0 Å². The molecule has 26 heavy (non-hydrogen) atoms. The van der Waals surface area contributed by atoms with E-state index in [9.17, 15) is 13.2 Å². The van der Waals surface area contributed by atoms with Crippen molar-refractivity contribution in [3.63, 3.8) is 0 Å². The zero-order valence-electron chi connectivity index (χ0n) is 15.9. The molecule has 0 aliphatic heterocycles. The van der Waals surface area contributed by atoms with Crippen molar-refractivity contribution in [2.45, 2.75) is 83.1 Å². The second-order valence-electron chi connectivity index (χ2n) is 7.00. The number of imidazole rings is 1. The Morgan fingerprint density at radius 3 is 2.04 bits per heavy atom. The summed E-state index contributed by atoms with van der Waals surface area (Å²) in [4.78, 5) is 4.66. The van der Waals surface area contributed by atoms with E-state index in [0.717, 1.165) is 0 Å². The molecule has 0 spiro atoms. The molecule has 8 heteroatoms. The predicted molar refractivity (Wildman–Crippen MR) is 110 cm³/mol.